The third-order valence-electron chi connectivity index (χ3n) is 15.9. The van der Waals surface area contributed by atoms with Gasteiger partial charge < -0.3 is 5.53 Å². The Kier molecular flexibility index (Phi) is 40.4. The molecule has 1 aliphatic heterocycles. The zero-order valence-electron chi connectivity index (χ0n) is 50.9. The monoisotopic (exact) mass is 1030 g/mol. The standard InChI is InChI=1S/C74H116N2/c1-7-13-18-23-26-29-32-33-34-35-36-39-42-45-48-53-58-72-71(12-6)73(69-61-65(54-49-21-16-10-4)59-66(62-69)55-50-22-17-11-5)76(75)74(72)70-63-67(56-51-46-43-40-37-30-27-24-19-14-8-2)60-68(64-70)57-52-47-44-41-38-31-28-25-20-15-9-3/h59-64H,7-50,54-55H2,1-6H3. The molecule has 2 heteroatoms. The summed E-state index contributed by atoms with van der Waals surface area (Å²) in [6.45, 7) is 13.7. The molecular formula is C74H116N2. The Balaban J connectivity index is 1.95. The van der Waals surface area contributed by atoms with Crippen LogP contribution in [-0.4, -0.2) is 4.70 Å². The van der Waals surface area contributed by atoms with E-state index in [-0.39, 0.29) is 0 Å². The summed E-state index contributed by atoms with van der Waals surface area (Å²) in [4.78, 5) is 0. The van der Waals surface area contributed by atoms with Gasteiger partial charge in [-0.1, -0.05) is 308 Å². The minimum absolute atomic E-state index is 0.787. The molecule has 0 unspecified atom stereocenters. The van der Waals surface area contributed by atoms with Crippen LogP contribution in [0, 0.1) is 35.5 Å². The molecule has 0 aliphatic carbocycles. The van der Waals surface area contributed by atoms with Crippen molar-refractivity contribution >= 4 is 11.4 Å². The van der Waals surface area contributed by atoms with Gasteiger partial charge in [0.05, 0.1) is 0 Å². The Morgan fingerprint density at radius 3 is 0.961 bits per heavy atom. The van der Waals surface area contributed by atoms with Crippen molar-refractivity contribution < 1.29 is 4.70 Å². The molecule has 1 aliphatic rings. The van der Waals surface area contributed by atoms with Gasteiger partial charge in [-0.05, 0) is 92.8 Å². The summed E-state index contributed by atoms with van der Waals surface area (Å²) in [5.41, 5.74) is 23.5. The smallest absolute Gasteiger partial charge is 0.223 e. The molecule has 0 fully saturated rings. The highest BCUT2D eigenvalue weighted by Crippen LogP contribution is 2.42. The van der Waals surface area contributed by atoms with Crippen LogP contribution in [0.4, 0.5) is 0 Å². The van der Waals surface area contributed by atoms with E-state index in [9.17, 15) is 5.53 Å². The molecule has 0 radical (unpaired) electrons. The molecule has 2 nitrogen and oxygen atoms in total. The lowest BCUT2D eigenvalue weighted by Crippen LogP contribution is -2.05. The second-order valence-corrected chi connectivity index (χ2v) is 23.1. The molecule has 76 heavy (non-hydrogen) atoms. The van der Waals surface area contributed by atoms with Crippen molar-refractivity contribution in [1.29, 1.82) is 0 Å². The number of benzene rings is 2. The van der Waals surface area contributed by atoms with Crippen LogP contribution in [0.25, 0.3) is 16.9 Å². The van der Waals surface area contributed by atoms with Gasteiger partial charge in [0, 0.05) is 47.1 Å². The maximum absolute atomic E-state index is 12.9. The summed E-state index contributed by atoms with van der Waals surface area (Å²) in [6.07, 6.45) is 58.3. The topological polar surface area (TPSA) is 25.3 Å². The first-order valence-corrected chi connectivity index (χ1v) is 33.2. The van der Waals surface area contributed by atoms with Gasteiger partial charge in [0.15, 0.2) is 0 Å². The van der Waals surface area contributed by atoms with Crippen LogP contribution in [0.3, 0.4) is 0 Å². The fraction of sp³-hybridized carbons (Fsp3) is 0.703. The van der Waals surface area contributed by atoms with Gasteiger partial charge in [-0.2, -0.15) is 0 Å². The van der Waals surface area contributed by atoms with E-state index in [0.717, 1.165) is 103 Å². The molecule has 422 valence electrons. The van der Waals surface area contributed by atoms with E-state index in [4.69, 9.17) is 0 Å². The van der Waals surface area contributed by atoms with Crippen LogP contribution in [-0.2, 0) is 12.8 Å². The number of rotatable bonds is 45. The van der Waals surface area contributed by atoms with Crippen molar-refractivity contribution in [3.8, 4) is 35.5 Å². The van der Waals surface area contributed by atoms with Crippen LogP contribution in [0.15, 0.2) is 47.5 Å². The van der Waals surface area contributed by atoms with Crippen molar-refractivity contribution in [2.75, 3.05) is 0 Å². The Morgan fingerprint density at radius 2 is 0.618 bits per heavy atom. The molecule has 0 amide bonds. The van der Waals surface area contributed by atoms with Crippen molar-refractivity contribution in [2.24, 2.45) is 0 Å². The molecule has 0 saturated heterocycles. The fourth-order valence-corrected chi connectivity index (χ4v) is 11.2. The highest BCUT2D eigenvalue weighted by molar-refractivity contribution is 5.86. The number of nitrogens with zero attached hydrogens (tertiary/aromatic N) is 2. The lowest BCUT2D eigenvalue weighted by atomic mass is 9.93. The third-order valence-corrected chi connectivity index (χ3v) is 15.9. The molecule has 0 spiro atoms. The van der Waals surface area contributed by atoms with Crippen LogP contribution in [0.1, 0.15) is 357 Å². The molecule has 0 N–H and O–H groups in total. The summed E-state index contributed by atoms with van der Waals surface area (Å²) >= 11 is 0. The second-order valence-electron chi connectivity index (χ2n) is 23.1. The van der Waals surface area contributed by atoms with Crippen LogP contribution >= 0.6 is 0 Å². The van der Waals surface area contributed by atoms with E-state index in [0.29, 0.717) is 0 Å². The summed E-state index contributed by atoms with van der Waals surface area (Å²) in [6, 6.07) is 13.8. The Labute approximate surface area is 472 Å². The predicted molar refractivity (Wildman–Crippen MR) is 336 cm³/mol. The van der Waals surface area contributed by atoms with Gasteiger partial charge in [-0.3, -0.25) is 0 Å². The van der Waals surface area contributed by atoms with Crippen molar-refractivity contribution in [2.45, 2.75) is 337 Å². The van der Waals surface area contributed by atoms with Gasteiger partial charge in [0.2, 0.25) is 11.4 Å². The summed E-state index contributed by atoms with van der Waals surface area (Å²) in [5.74, 6) is 21.8. The van der Waals surface area contributed by atoms with Crippen LogP contribution in [0.5, 0.6) is 0 Å². The normalized spacial score (nSPS) is 12.3. The van der Waals surface area contributed by atoms with Gasteiger partial charge >= 0.3 is 0 Å². The highest BCUT2D eigenvalue weighted by atomic mass is 15.2. The van der Waals surface area contributed by atoms with Crippen molar-refractivity contribution in [3.05, 3.63) is 86.5 Å². The molecule has 0 bridgehead atoms. The van der Waals surface area contributed by atoms with E-state index in [2.05, 4.69) is 113 Å². The lowest BCUT2D eigenvalue weighted by Gasteiger charge is -2.13. The van der Waals surface area contributed by atoms with Crippen molar-refractivity contribution in [3.63, 3.8) is 0 Å². The molecule has 0 atom stereocenters. The van der Waals surface area contributed by atoms with E-state index in [1.165, 1.54) is 253 Å². The maximum atomic E-state index is 12.9. The van der Waals surface area contributed by atoms with E-state index < -0.39 is 0 Å². The number of hydrogen-bond acceptors (Lipinski definition) is 0. The van der Waals surface area contributed by atoms with E-state index >= 15 is 0 Å². The van der Waals surface area contributed by atoms with E-state index in [1.807, 2.05) is 0 Å². The van der Waals surface area contributed by atoms with E-state index in [1.54, 1.807) is 0 Å². The summed E-state index contributed by atoms with van der Waals surface area (Å²) in [7, 11) is 0. The average molecular weight is 1030 g/mol. The Morgan fingerprint density at radius 1 is 0.316 bits per heavy atom. The number of allylic oxidation sites excluding steroid dienone is 2. The molecule has 0 saturated carbocycles. The average Bonchev–Trinajstić information content (AvgIpc) is 3.72. The second kappa shape index (κ2) is 46.1. The van der Waals surface area contributed by atoms with Gasteiger partial charge in [0.1, 0.15) is 5.57 Å². The van der Waals surface area contributed by atoms with Crippen LogP contribution in [0.2, 0.25) is 0 Å². The number of hydrogen-bond donors (Lipinski definition) is 0. The summed E-state index contributed by atoms with van der Waals surface area (Å²) in [5, 5.41) is 0. The largest absolute Gasteiger partial charge is 0.493 e. The highest BCUT2D eigenvalue weighted by Gasteiger charge is 2.35. The zero-order valence-corrected chi connectivity index (χ0v) is 50.9. The molecule has 2 aromatic carbocycles. The predicted octanol–water partition coefficient (Wildman–Crippen LogP) is 23.9. The van der Waals surface area contributed by atoms with Gasteiger partial charge in [-0.25, -0.2) is 4.70 Å². The molecule has 1 heterocycles. The maximum Gasteiger partial charge on any atom is 0.223 e. The SMILES string of the molecule is CCCCCCCCCCCC#Cc1cc(C#CCCCCCCCCCCC)cc(C2=C(C#CCCCCCCCCCCCCCCCC)C(CC)=C(c3cc(CCCCCC)cc(CCCCCC)c3)[N+]2=[N-])c1. The Hall–Kier alpha value is -3.80. The number of aryl methyl sites for hydroxylation is 2. The first-order chi connectivity index (χ1) is 37.5. The number of unbranched alkanes of at least 4 members (excludes halogenated alkanes) is 38. The lowest BCUT2D eigenvalue weighted by molar-refractivity contribution is -0.345. The van der Waals surface area contributed by atoms with Gasteiger partial charge in [-0.15, -0.1) is 0 Å². The third kappa shape index (κ3) is 29.8. The van der Waals surface area contributed by atoms with Crippen LogP contribution < -0.4 is 0 Å². The quantitative estimate of drug-likeness (QED) is 0.0359. The van der Waals surface area contributed by atoms with Crippen molar-refractivity contribution in [1.82, 2.24) is 0 Å². The minimum Gasteiger partial charge on any atom is -0.493 e. The molecule has 2 aromatic rings. The molecule has 3 rings (SSSR count). The summed E-state index contributed by atoms with van der Waals surface area (Å²) < 4.78 is 1.53. The Bertz CT molecular complexity index is 2000. The fourth-order valence-electron chi connectivity index (χ4n) is 11.2. The molecular weight excluding hydrogens is 917 g/mol. The minimum atomic E-state index is 0.787. The first kappa shape index (κ1) is 66.5. The molecule has 0 aromatic heterocycles. The zero-order chi connectivity index (χ0) is 54.4. The first-order valence-electron chi connectivity index (χ1n) is 33.2. The van der Waals surface area contributed by atoms with Gasteiger partial charge in [0.25, 0.3) is 0 Å².